The highest BCUT2D eigenvalue weighted by Crippen LogP contribution is 2.24. The van der Waals surface area contributed by atoms with E-state index in [4.69, 9.17) is 10.2 Å². The van der Waals surface area contributed by atoms with E-state index < -0.39 is 52.1 Å². The molecule has 0 amide bonds. The molecule has 0 saturated heterocycles. The van der Waals surface area contributed by atoms with Crippen molar-refractivity contribution in [2.45, 2.75) is 0 Å². The summed E-state index contributed by atoms with van der Waals surface area (Å²) < 4.78 is 52.4. The molecular weight excluding hydrogens is 264 g/mol. The molecule has 18 heavy (non-hydrogen) atoms. The second kappa shape index (κ2) is 4.43. The van der Waals surface area contributed by atoms with Crippen LogP contribution in [0, 0.1) is 23.3 Å². The van der Waals surface area contributed by atoms with Crippen molar-refractivity contribution in [1.29, 1.82) is 0 Å². The van der Waals surface area contributed by atoms with Crippen LogP contribution in [0.4, 0.5) is 17.6 Å². The van der Waals surface area contributed by atoms with Gasteiger partial charge in [-0.1, -0.05) is 0 Å². The molecule has 9 heteroatoms. The van der Waals surface area contributed by atoms with Gasteiger partial charge in [-0.2, -0.15) is 0 Å². The normalized spacial score (nSPS) is 10.2. The lowest BCUT2D eigenvalue weighted by Crippen LogP contribution is -2.21. The van der Waals surface area contributed by atoms with E-state index in [0.717, 1.165) is 0 Å². The summed E-state index contributed by atoms with van der Waals surface area (Å²) in [5.74, 6) is -16.4. The molecule has 0 saturated carbocycles. The monoisotopic (exact) mass is 266 g/mol. The van der Waals surface area contributed by atoms with Crippen molar-refractivity contribution >= 4 is 17.7 Å². The van der Waals surface area contributed by atoms with Crippen LogP contribution in [0.2, 0.25) is 0 Å². The average molecular weight is 266 g/mol. The Morgan fingerprint density at radius 1 is 0.722 bits per heavy atom. The topological polar surface area (TPSA) is 91.7 Å². The van der Waals surface area contributed by atoms with Gasteiger partial charge in [-0.25, -0.2) is 27.2 Å². The van der Waals surface area contributed by atoms with Gasteiger partial charge in [0.15, 0.2) is 23.3 Å². The Morgan fingerprint density at radius 2 is 1.06 bits per heavy atom. The van der Waals surface area contributed by atoms with Gasteiger partial charge in [0.2, 0.25) is 0 Å². The maximum absolute atomic E-state index is 13.1. The third-order valence-electron chi connectivity index (χ3n) is 1.90. The van der Waals surface area contributed by atoms with E-state index in [-0.39, 0.29) is 0 Å². The highest BCUT2D eigenvalue weighted by atomic mass is 19.2. The maximum atomic E-state index is 13.1. The molecular formula is C9H2F4O5. The van der Waals surface area contributed by atoms with E-state index in [9.17, 15) is 31.9 Å². The predicted molar refractivity (Wildman–Crippen MR) is 45.2 cm³/mol. The first kappa shape index (κ1) is 13.6. The number of hydrogen-bond donors (Lipinski definition) is 2. The minimum absolute atomic E-state index is 1.95. The quantitative estimate of drug-likeness (QED) is 0.371. The van der Waals surface area contributed by atoms with Crippen LogP contribution in [-0.2, 0) is 4.79 Å². The van der Waals surface area contributed by atoms with E-state index in [2.05, 4.69) is 0 Å². The Morgan fingerprint density at radius 3 is 1.33 bits per heavy atom. The van der Waals surface area contributed by atoms with Crippen molar-refractivity contribution < 1.29 is 42.2 Å². The molecule has 96 valence electrons. The standard InChI is InChI=1S/C9H2F4O5/c10-3-1(7(14)9(17)18)4(11)6(13)2(5(3)12)8(15)16/h(H,15,16)(H,17,18). The number of ketones is 1. The number of carbonyl (C=O) groups is 3. The average Bonchev–Trinajstić information content (AvgIpc) is 2.26. The first-order valence-electron chi connectivity index (χ1n) is 4.07. The van der Waals surface area contributed by atoms with Crippen LogP contribution in [0.15, 0.2) is 0 Å². The molecule has 1 aromatic rings. The van der Waals surface area contributed by atoms with Crippen LogP contribution in [0.25, 0.3) is 0 Å². The Balaban J connectivity index is 3.74. The number of aromatic carboxylic acids is 1. The number of Topliss-reactive ketones (excluding diaryl/α,β-unsaturated/α-hetero) is 1. The molecule has 0 fully saturated rings. The van der Waals surface area contributed by atoms with Crippen molar-refractivity contribution in [2.24, 2.45) is 0 Å². The molecule has 0 radical (unpaired) electrons. The van der Waals surface area contributed by atoms with Crippen LogP contribution in [0.3, 0.4) is 0 Å². The minimum Gasteiger partial charge on any atom is -0.477 e. The molecule has 0 spiro atoms. The van der Waals surface area contributed by atoms with E-state index in [1.165, 1.54) is 0 Å². The van der Waals surface area contributed by atoms with Gasteiger partial charge in [-0.05, 0) is 0 Å². The lowest BCUT2D eigenvalue weighted by atomic mass is 10.0. The number of aliphatic carboxylic acids is 1. The molecule has 0 aliphatic carbocycles. The zero-order chi connectivity index (χ0) is 14.2. The zero-order valence-corrected chi connectivity index (χ0v) is 8.13. The van der Waals surface area contributed by atoms with Crippen LogP contribution in [0.5, 0.6) is 0 Å². The zero-order valence-electron chi connectivity index (χ0n) is 8.13. The van der Waals surface area contributed by atoms with Gasteiger partial charge in [0.1, 0.15) is 11.1 Å². The van der Waals surface area contributed by atoms with Crippen molar-refractivity contribution in [3.8, 4) is 0 Å². The van der Waals surface area contributed by atoms with Crippen LogP contribution < -0.4 is 0 Å². The number of hydrogen-bond acceptors (Lipinski definition) is 3. The van der Waals surface area contributed by atoms with Gasteiger partial charge in [0, 0.05) is 0 Å². The molecule has 1 aromatic carbocycles. The van der Waals surface area contributed by atoms with Crippen molar-refractivity contribution in [3.63, 3.8) is 0 Å². The second-order valence-electron chi connectivity index (χ2n) is 2.95. The molecule has 0 atom stereocenters. The Labute approximate surface area is 95.3 Å². The van der Waals surface area contributed by atoms with E-state index in [1.807, 2.05) is 0 Å². The SMILES string of the molecule is O=C(O)C(=O)c1c(F)c(F)c(C(=O)O)c(F)c1F. The molecule has 0 aliphatic heterocycles. The summed E-state index contributed by atoms with van der Waals surface area (Å²) >= 11 is 0. The van der Waals surface area contributed by atoms with Gasteiger partial charge in [-0.15, -0.1) is 0 Å². The smallest absolute Gasteiger partial charge is 0.377 e. The van der Waals surface area contributed by atoms with Crippen molar-refractivity contribution in [3.05, 3.63) is 34.4 Å². The van der Waals surface area contributed by atoms with E-state index in [1.54, 1.807) is 0 Å². The summed E-state index contributed by atoms with van der Waals surface area (Å²) in [4.78, 5) is 31.4. The molecule has 0 unspecified atom stereocenters. The molecule has 0 heterocycles. The highest BCUT2D eigenvalue weighted by Gasteiger charge is 2.34. The number of rotatable bonds is 3. The van der Waals surface area contributed by atoms with Gasteiger partial charge >= 0.3 is 11.9 Å². The summed E-state index contributed by atoms with van der Waals surface area (Å²) in [5.41, 5.74) is -3.95. The number of carbonyl (C=O) groups excluding carboxylic acids is 1. The van der Waals surface area contributed by atoms with Gasteiger partial charge in [0.05, 0.1) is 0 Å². The number of halogens is 4. The molecule has 0 aromatic heterocycles. The minimum atomic E-state index is -2.38. The third kappa shape index (κ3) is 1.90. The van der Waals surface area contributed by atoms with Crippen molar-refractivity contribution in [1.82, 2.24) is 0 Å². The van der Waals surface area contributed by atoms with Crippen molar-refractivity contribution in [2.75, 3.05) is 0 Å². The molecule has 2 N–H and O–H groups in total. The summed E-state index contributed by atoms with van der Waals surface area (Å²) in [6, 6.07) is 0. The molecule has 0 aliphatic rings. The van der Waals surface area contributed by atoms with Gasteiger partial charge < -0.3 is 10.2 Å². The molecule has 5 nitrogen and oxygen atoms in total. The second-order valence-corrected chi connectivity index (χ2v) is 2.95. The highest BCUT2D eigenvalue weighted by molar-refractivity contribution is 6.40. The van der Waals surface area contributed by atoms with Gasteiger partial charge in [0.25, 0.3) is 5.78 Å². The summed E-state index contributed by atoms with van der Waals surface area (Å²) in [6.07, 6.45) is 0. The number of benzene rings is 1. The predicted octanol–water partition coefficient (Wildman–Crippen LogP) is 1.21. The van der Waals surface area contributed by atoms with Crippen LogP contribution in [-0.4, -0.2) is 27.9 Å². The fraction of sp³-hybridized carbons (Fsp3) is 0. The lowest BCUT2D eigenvalue weighted by molar-refractivity contribution is -0.131. The largest absolute Gasteiger partial charge is 0.477 e. The summed E-state index contributed by atoms with van der Waals surface area (Å²) in [5, 5.41) is 16.5. The van der Waals surface area contributed by atoms with Crippen LogP contribution in [0.1, 0.15) is 20.7 Å². The van der Waals surface area contributed by atoms with Crippen LogP contribution >= 0.6 is 0 Å². The fourth-order valence-corrected chi connectivity index (χ4v) is 1.13. The Hall–Kier alpha value is -2.45. The summed E-state index contributed by atoms with van der Waals surface area (Å²) in [6.45, 7) is 0. The van der Waals surface area contributed by atoms with E-state index in [0.29, 0.717) is 0 Å². The third-order valence-corrected chi connectivity index (χ3v) is 1.90. The molecule has 1 rings (SSSR count). The first-order chi connectivity index (χ1) is 8.20. The molecule has 0 bridgehead atoms. The number of carboxylic acid groups (broad SMARTS) is 2. The Kier molecular flexibility index (Phi) is 3.35. The van der Waals surface area contributed by atoms with Gasteiger partial charge in [-0.3, -0.25) is 4.79 Å². The van der Waals surface area contributed by atoms with E-state index >= 15 is 0 Å². The maximum Gasteiger partial charge on any atom is 0.377 e. The first-order valence-corrected chi connectivity index (χ1v) is 4.07. The Bertz CT molecular complexity index is 552. The summed E-state index contributed by atoms with van der Waals surface area (Å²) in [7, 11) is 0. The number of carboxylic acids is 2. The fourth-order valence-electron chi connectivity index (χ4n) is 1.13. The lowest BCUT2D eigenvalue weighted by Gasteiger charge is -2.06.